The summed E-state index contributed by atoms with van der Waals surface area (Å²) in [5.74, 6) is 0.616. The smallest absolute Gasteiger partial charge is 0.0700 e. The Hall–Kier alpha value is 0.400. The van der Waals surface area contributed by atoms with Crippen molar-refractivity contribution >= 4 is 15.9 Å². The van der Waals surface area contributed by atoms with Gasteiger partial charge in [0.1, 0.15) is 0 Å². The first-order valence-corrected chi connectivity index (χ1v) is 7.02. The third kappa shape index (κ3) is 4.83. The van der Waals surface area contributed by atoms with Crippen LogP contribution in [0.5, 0.6) is 0 Å². The molecular weight excluding hydrogens is 256 g/mol. The van der Waals surface area contributed by atoms with E-state index in [0.717, 1.165) is 31.8 Å². The number of alkyl halides is 1. The zero-order chi connectivity index (χ0) is 11.1. The van der Waals surface area contributed by atoms with Gasteiger partial charge in [0.05, 0.1) is 19.8 Å². The second-order valence-electron chi connectivity index (χ2n) is 5.01. The Kier molecular flexibility index (Phi) is 6.17. The molecule has 0 amide bonds. The fourth-order valence-electron chi connectivity index (χ4n) is 1.72. The van der Waals surface area contributed by atoms with Crippen molar-refractivity contribution in [2.24, 2.45) is 11.3 Å². The molecule has 0 heterocycles. The Bertz CT molecular complexity index is 161. The second kappa shape index (κ2) is 6.87. The van der Waals surface area contributed by atoms with Gasteiger partial charge in [-0.15, -0.1) is 0 Å². The summed E-state index contributed by atoms with van der Waals surface area (Å²) >= 11 is 3.57. The van der Waals surface area contributed by atoms with E-state index in [1.807, 2.05) is 0 Å². The van der Waals surface area contributed by atoms with Gasteiger partial charge in [-0.3, -0.25) is 0 Å². The van der Waals surface area contributed by atoms with Crippen LogP contribution in [0, 0.1) is 11.3 Å². The van der Waals surface area contributed by atoms with Crippen LogP contribution < -0.4 is 0 Å². The number of halogens is 1. The molecule has 0 aromatic rings. The predicted molar refractivity (Wildman–Crippen MR) is 66.6 cm³/mol. The van der Waals surface area contributed by atoms with Crippen molar-refractivity contribution in [3.05, 3.63) is 0 Å². The van der Waals surface area contributed by atoms with Gasteiger partial charge in [0.25, 0.3) is 0 Å². The van der Waals surface area contributed by atoms with Crippen molar-refractivity contribution in [2.45, 2.75) is 33.1 Å². The quantitative estimate of drug-likeness (QED) is 0.501. The summed E-state index contributed by atoms with van der Waals surface area (Å²) in [7, 11) is 0. The standard InChI is InChI=1S/C12H23BrO2/c1-11(2)8-14-6-7-15-10-12(9-13)4-3-5-12/h11H,3-10H2,1-2H3. The van der Waals surface area contributed by atoms with Crippen LogP contribution in [-0.2, 0) is 9.47 Å². The molecule has 0 spiro atoms. The lowest BCUT2D eigenvalue weighted by Gasteiger charge is -2.40. The minimum atomic E-state index is 0.443. The highest BCUT2D eigenvalue weighted by Gasteiger charge is 2.35. The highest BCUT2D eigenvalue weighted by atomic mass is 79.9. The third-order valence-electron chi connectivity index (χ3n) is 2.93. The molecular formula is C12H23BrO2. The van der Waals surface area contributed by atoms with Crippen molar-refractivity contribution in [2.75, 3.05) is 31.8 Å². The predicted octanol–water partition coefficient (Wildman–Crippen LogP) is 3.24. The van der Waals surface area contributed by atoms with Crippen LogP contribution in [-0.4, -0.2) is 31.8 Å². The lowest BCUT2D eigenvalue weighted by molar-refractivity contribution is -0.0188. The van der Waals surface area contributed by atoms with Gasteiger partial charge in [0.2, 0.25) is 0 Å². The van der Waals surface area contributed by atoms with Gasteiger partial charge in [-0.05, 0) is 18.8 Å². The topological polar surface area (TPSA) is 18.5 Å². The number of ether oxygens (including phenoxy) is 2. The van der Waals surface area contributed by atoms with Crippen LogP contribution in [0.3, 0.4) is 0 Å². The largest absolute Gasteiger partial charge is 0.379 e. The van der Waals surface area contributed by atoms with Gasteiger partial charge < -0.3 is 9.47 Å². The minimum absolute atomic E-state index is 0.443. The summed E-state index contributed by atoms with van der Waals surface area (Å²) in [6.45, 7) is 7.53. The second-order valence-corrected chi connectivity index (χ2v) is 5.57. The molecule has 1 aliphatic carbocycles. The molecule has 1 saturated carbocycles. The maximum atomic E-state index is 5.66. The lowest BCUT2D eigenvalue weighted by atomic mass is 9.71. The molecule has 3 heteroatoms. The van der Waals surface area contributed by atoms with Crippen LogP contribution in [0.1, 0.15) is 33.1 Å². The fraction of sp³-hybridized carbons (Fsp3) is 1.00. The molecule has 0 aromatic heterocycles. The van der Waals surface area contributed by atoms with E-state index in [0.29, 0.717) is 11.3 Å². The van der Waals surface area contributed by atoms with Gasteiger partial charge >= 0.3 is 0 Å². The molecule has 0 aromatic carbocycles. The van der Waals surface area contributed by atoms with Crippen molar-refractivity contribution in [3.63, 3.8) is 0 Å². The first-order chi connectivity index (χ1) is 7.18. The highest BCUT2D eigenvalue weighted by Crippen LogP contribution is 2.42. The summed E-state index contributed by atoms with van der Waals surface area (Å²) in [5.41, 5.74) is 0.443. The Morgan fingerprint density at radius 2 is 1.87 bits per heavy atom. The molecule has 1 fully saturated rings. The van der Waals surface area contributed by atoms with Crippen molar-refractivity contribution in [1.82, 2.24) is 0 Å². The van der Waals surface area contributed by atoms with Crippen LogP contribution in [0.2, 0.25) is 0 Å². The van der Waals surface area contributed by atoms with Gasteiger partial charge in [-0.25, -0.2) is 0 Å². The number of hydrogen-bond acceptors (Lipinski definition) is 2. The van der Waals surface area contributed by atoms with Gasteiger partial charge in [0, 0.05) is 17.4 Å². The van der Waals surface area contributed by atoms with E-state index in [9.17, 15) is 0 Å². The summed E-state index contributed by atoms with van der Waals surface area (Å²) in [4.78, 5) is 0. The van der Waals surface area contributed by atoms with Gasteiger partial charge in [0.15, 0.2) is 0 Å². The highest BCUT2D eigenvalue weighted by molar-refractivity contribution is 9.09. The summed E-state index contributed by atoms with van der Waals surface area (Å²) in [6, 6.07) is 0. The normalized spacial score (nSPS) is 19.2. The Labute approximate surface area is 102 Å². The molecule has 0 radical (unpaired) electrons. The summed E-state index contributed by atoms with van der Waals surface area (Å²) < 4.78 is 11.1. The first-order valence-electron chi connectivity index (χ1n) is 5.90. The zero-order valence-corrected chi connectivity index (χ0v) is 11.5. The SMILES string of the molecule is CC(C)COCCOCC1(CBr)CCC1. The van der Waals surface area contributed by atoms with E-state index in [1.165, 1.54) is 19.3 Å². The number of hydrogen-bond donors (Lipinski definition) is 0. The Balaban J connectivity index is 1.92. The van der Waals surface area contributed by atoms with Crippen molar-refractivity contribution in [3.8, 4) is 0 Å². The van der Waals surface area contributed by atoms with Gasteiger partial charge in [-0.2, -0.15) is 0 Å². The molecule has 2 nitrogen and oxygen atoms in total. The molecule has 0 unspecified atom stereocenters. The van der Waals surface area contributed by atoms with E-state index in [1.54, 1.807) is 0 Å². The Morgan fingerprint density at radius 1 is 1.20 bits per heavy atom. The van der Waals surface area contributed by atoms with Crippen molar-refractivity contribution in [1.29, 1.82) is 0 Å². The molecule has 1 aliphatic rings. The maximum absolute atomic E-state index is 5.66. The third-order valence-corrected chi connectivity index (χ3v) is 4.12. The average Bonchev–Trinajstić information content (AvgIpc) is 2.14. The molecule has 0 saturated heterocycles. The monoisotopic (exact) mass is 278 g/mol. The van der Waals surface area contributed by atoms with Crippen LogP contribution >= 0.6 is 15.9 Å². The summed E-state index contributed by atoms with van der Waals surface area (Å²) in [6.07, 6.45) is 3.98. The first kappa shape index (κ1) is 13.5. The van der Waals surface area contributed by atoms with E-state index < -0.39 is 0 Å². The molecule has 15 heavy (non-hydrogen) atoms. The fourth-order valence-corrected chi connectivity index (χ4v) is 2.44. The molecule has 0 atom stereocenters. The lowest BCUT2D eigenvalue weighted by Crippen LogP contribution is -2.36. The zero-order valence-electron chi connectivity index (χ0n) is 9.93. The van der Waals surface area contributed by atoms with Gasteiger partial charge in [-0.1, -0.05) is 36.2 Å². The van der Waals surface area contributed by atoms with E-state index in [4.69, 9.17) is 9.47 Å². The molecule has 0 N–H and O–H groups in total. The summed E-state index contributed by atoms with van der Waals surface area (Å²) in [5, 5.41) is 1.08. The van der Waals surface area contributed by atoms with E-state index >= 15 is 0 Å². The maximum Gasteiger partial charge on any atom is 0.0700 e. The van der Waals surface area contributed by atoms with Crippen LogP contribution in [0.25, 0.3) is 0 Å². The Morgan fingerprint density at radius 3 is 2.33 bits per heavy atom. The van der Waals surface area contributed by atoms with Crippen LogP contribution in [0.15, 0.2) is 0 Å². The van der Waals surface area contributed by atoms with E-state index in [-0.39, 0.29) is 0 Å². The number of rotatable bonds is 8. The van der Waals surface area contributed by atoms with Crippen LogP contribution in [0.4, 0.5) is 0 Å². The molecule has 0 bridgehead atoms. The minimum Gasteiger partial charge on any atom is -0.379 e. The van der Waals surface area contributed by atoms with E-state index in [2.05, 4.69) is 29.8 Å². The molecule has 1 rings (SSSR count). The molecule has 90 valence electrons. The average molecular weight is 279 g/mol. The van der Waals surface area contributed by atoms with Crippen molar-refractivity contribution < 1.29 is 9.47 Å². The molecule has 0 aliphatic heterocycles.